The van der Waals surface area contributed by atoms with Gasteiger partial charge < -0.3 is 0 Å². The highest BCUT2D eigenvalue weighted by molar-refractivity contribution is 7.09. The van der Waals surface area contributed by atoms with Crippen molar-refractivity contribution in [1.29, 1.82) is 0 Å². The van der Waals surface area contributed by atoms with E-state index in [0.29, 0.717) is 15.9 Å². The van der Waals surface area contributed by atoms with Crippen molar-refractivity contribution in [2.24, 2.45) is 0 Å². The minimum Gasteiger partial charge on any atom is -0.291 e. The summed E-state index contributed by atoms with van der Waals surface area (Å²) in [5, 5.41) is 0. The zero-order chi connectivity index (χ0) is 10.9. The molecule has 2 nitrogen and oxygen atoms in total. The summed E-state index contributed by atoms with van der Waals surface area (Å²) in [6.07, 6.45) is -3.21. The lowest BCUT2D eigenvalue weighted by molar-refractivity contribution is -0.143. The lowest BCUT2D eigenvalue weighted by Gasteiger charge is -2.09. The van der Waals surface area contributed by atoms with Gasteiger partial charge in [-0.05, 0) is 6.92 Å². The van der Waals surface area contributed by atoms with Gasteiger partial charge in [0, 0.05) is 11.4 Å². The Morgan fingerprint density at radius 2 is 2.14 bits per heavy atom. The Morgan fingerprint density at radius 3 is 2.57 bits per heavy atom. The second-order valence-corrected chi connectivity index (χ2v) is 3.84. The number of allylic oxidation sites excluding steroid dienone is 1. The molecule has 14 heavy (non-hydrogen) atoms. The molecule has 0 saturated heterocycles. The van der Waals surface area contributed by atoms with E-state index in [-0.39, 0.29) is 11.4 Å². The number of rotatable bonds is 2. The molecule has 6 heteroatoms. The molecule has 0 spiro atoms. The molecule has 0 fully saturated rings. The highest BCUT2D eigenvalue weighted by Crippen LogP contribution is 2.32. The van der Waals surface area contributed by atoms with Crippen molar-refractivity contribution in [3.05, 3.63) is 32.9 Å². The maximum Gasteiger partial charge on any atom is 0.432 e. The second kappa shape index (κ2) is 3.61. The maximum atomic E-state index is 12.5. The van der Waals surface area contributed by atoms with Crippen LogP contribution < -0.4 is 4.87 Å². The molecular formula is C8H8F3NOS. The van der Waals surface area contributed by atoms with Crippen LogP contribution in [0.15, 0.2) is 17.4 Å². The van der Waals surface area contributed by atoms with Crippen LogP contribution in [0.25, 0.3) is 0 Å². The summed E-state index contributed by atoms with van der Waals surface area (Å²) in [4.78, 5) is 10.5. The summed E-state index contributed by atoms with van der Waals surface area (Å²) in [6.45, 7) is 4.48. The van der Waals surface area contributed by atoms with Crippen molar-refractivity contribution in [3.8, 4) is 0 Å². The zero-order valence-electron chi connectivity index (χ0n) is 7.39. The Labute approximate surface area is 82.3 Å². The number of nitrogens with zero attached hydrogens (tertiary/aromatic N) is 1. The van der Waals surface area contributed by atoms with Gasteiger partial charge in [0.15, 0.2) is 0 Å². The van der Waals surface area contributed by atoms with E-state index in [2.05, 4.69) is 6.58 Å². The van der Waals surface area contributed by atoms with Crippen LogP contribution in [0.2, 0.25) is 0 Å². The number of aryl methyl sites for hydroxylation is 1. The minimum absolute atomic E-state index is 0.00986. The van der Waals surface area contributed by atoms with Gasteiger partial charge in [-0.25, -0.2) is 0 Å². The fourth-order valence-corrected chi connectivity index (χ4v) is 2.02. The monoisotopic (exact) mass is 223 g/mol. The quantitative estimate of drug-likeness (QED) is 0.706. The Balaban J connectivity index is 3.39. The van der Waals surface area contributed by atoms with Crippen molar-refractivity contribution in [3.63, 3.8) is 0 Å². The average Bonchev–Trinajstić information content (AvgIpc) is 2.26. The Bertz CT molecular complexity index is 402. The molecule has 0 radical (unpaired) electrons. The second-order valence-electron chi connectivity index (χ2n) is 2.67. The predicted octanol–water partition coefficient (Wildman–Crippen LogP) is 2.42. The first-order valence-electron chi connectivity index (χ1n) is 3.76. The van der Waals surface area contributed by atoms with E-state index in [4.69, 9.17) is 0 Å². The lowest BCUT2D eigenvalue weighted by atomic mass is 10.3. The predicted molar refractivity (Wildman–Crippen MR) is 48.5 cm³/mol. The molecule has 0 aliphatic rings. The molecule has 0 saturated carbocycles. The third kappa shape index (κ3) is 1.89. The van der Waals surface area contributed by atoms with Crippen LogP contribution in [0.1, 0.15) is 10.6 Å². The number of hydrogen-bond donors (Lipinski definition) is 0. The van der Waals surface area contributed by atoms with E-state index >= 15 is 0 Å². The first-order valence-corrected chi connectivity index (χ1v) is 4.58. The van der Waals surface area contributed by atoms with E-state index in [1.54, 1.807) is 0 Å². The minimum atomic E-state index is -4.48. The third-order valence-electron chi connectivity index (χ3n) is 1.64. The van der Waals surface area contributed by atoms with Crippen molar-refractivity contribution < 1.29 is 13.2 Å². The van der Waals surface area contributed by atoms with Gasteiger partial charge in [0.05, 0.1) is 0 Å². The summed E-state index contributed by atoms with van der Waals surface area (Å²) in [5.74, 6) is 0. The summed E-state index contributed by atoms with van der Waals surface area (Å²) in [7, 11) is 0. The van der Waals surface area contributed by atoms with E-state index in [1.807, 2.05) is 0 Å². The van der Waals surface area contributed by atoms with Crippen LogP contribution in [0.4, 0.5) is 13.2 Å². The molecule has 0 unspecified atom stereocenters. The first kappa shape index (κ1) is 11.0. The van der Waals surface area contributed by atoms with Crippen LogP contribution in [-0.4, -0.2) is 4.57 Å². The summed E-state index contributed by atoms with van der Waals surface area (Å²) < 4.78 is 38.1. The van der Waals surface area contributed by atoms with Gasteiger partial charge in [0.1, 0.15) is 5.69 Å². The molecule has 0 aliphatic carbocycles. The van der Waals surface area contributed by atoms with E-state index < -0.39 is 16.7 Å². The normalized spacial score (nSPS) is 11.7. The fraction of sp³-hybridized carbons (Fsp3) is 0.375. The molecule has 0 amide bonds. The smallest absolute Gasteiger partial charge is 0.291 e. The van der Waals surface area contributed by atoms with Crippen molar-refractivity contribution in [2.45, 2.75) is 19.6 Å². The topological polar surface area (TPSA) is 22.0 Å². The highest BCUT2D eigenvalue weighted by Gasteiger charge is 2.37. The Morgan fingerprint density at radius 1 is 1.57 bits per heavy atom. The summed E-state index contributed by atoms with van der Waals surface area (Å²) in [6, 6.07) is 0. The average molecular weight is 223 g/mol. The molecule has 1 aromatic rings. The molecule has 1 heterocycles. The van der Waals surface area contributed by atoms with Gasteiger partial charge in [0.25, 0.3) is 0 Å². The number of halogens is 3. The van der Waals surface area contributed by atoms with Crippen molar-refractivity contribution >= 4 is 11.3 Å². The number of thiazole rings is 1. The number of aromatic nitrogens is 1. The van der Waals surface area contributed by atoms with Crippen molar-refractivity contribution in [2.75, 3.05) is 0 Å². The fourth-order valence-electron chi connectivity index (χ4n) is 1.16. The molecular weight excluding hydrogens is 215 g/mol. The number of alkyl halides is 3. The SMILES string of the molecule is C=CCn1c(C(F)(F)F)c(C)sc1=O. The van der Waals surface area contributed by atoms with Gasteiger partial charge in [0.2, 0.25) is 0 Å². The summed E-state index contributed by atoms with van der Waals surface area (Å²) in [5.41, 5.74) is -0.868. The highest BCUT2D eigenvalue weighted by atomic mass is 32.1. The van der Waals surface area contributed by atoms with Gasteiger partial charge in [-0.3, -0.25) is 9.36 Å². The van der Waals surface area contributed by atoms with E-state index in [9.17, 15) is 18.0 Å². The molecule has 78 valence electrons. The first-order chi connectivity index (χ1) is 6.38. The molecule has 1 rings (SSSR count). The number of hydrogen-bond acceptors (Lipinski definition) is 2. The van der Waals surface area contributed by atoms with Crippen LogP contribution >= 0.6 is 11.3 Å². The van der Waals surface area contributed by atoms with Crippen LogP contribution in [0.5, 0.6) is 0 Å². The largest absolute Gasteiger partial charge is 0.432 e. The van der Waals surface area contributed by atoms with Crippen LogP contribution in [0.3, 0.4) is 0 Å². The van der Waals surface area contributed by atoms with Gasteiger partial charge in [-0.2, -0.15) is 13.2 Å². The summed E-state index contributed by atoms with van der Waals surface area (Å²) >= 11 is 0.602. The third-order valence-corrected chi connectivity index (χ3v) is 2.54. The molecule has 0 bridgehead atoms. The van der Waals surface area contributed by atoms with Crippen LogP contribution in [-0.2, 0) is 12.7 Å². The van der Waals surface area contributed by atoms with Crippen LogP contribution in [0, 0.1) is 6.92 Å². The lowest BCUT2D eigenvalue weighted by Crippen LogP contribution is -2.21. The molecule has 0 aromatic carbocycles. The van der Waals surface area contributed by atoms with Gasteiger partial charge >= 0.3 is 11.0 Å². The van der Waals surface area contributed by atoms with Crippen molar-refractivity contribution in [1.82, 2.24) is 4.57 Å². The Hall–Kier alpha value is -1.04. The molecule has 0 aliphatic heterocycles. The van der Waals surface area contributed by atoms with Gasteiger partial charge in [-0.15, -0.1) is 6.58 Å². The Kier molecular flexibility index (Phi) is 2.84. The van der Waals surface area contributed by atoms with E-state index in [1.165, 1.54) is 13.0 Å². The zero-order valence-corrected chi connectivity index (χ0v) is 8.21. The maximum absolute atomic E-state index is 12.5. The standard InChI is InChI=1S/C8H8F3NOS/c1-3-4-12-6(8(9,10)11)5(2)14-7(12)13/h3H,1,4H2,2H3. The molecule has 0 N–H and O–H groups in total. The van der Waals surface area contributed by atoms with E-state index in [0.717, 1.165) is 0 Å². The molecule has 1 aromatic heterocycles. The van der Waals surface area contributed by atoms with Gasteiger partial charge in [-0.1, -0.05) is 17.4 Å². The molecule has 0 atom stereocenters.